The van der Waals surface area contributed by atoms with Crippen molar-refractivity contribution in [3.05, 3.63) is 40.6 Å². The van der Waals surface area contributed by atoms with Crippen LogP contribution in [0.2, 0.25) is 0 Å². The lowest BCUT2D eigenvalue weighted by Gasteiger charge is -1.98. The number of nitrogen functional groups attached to an aromatic ring is 1. The average Bonchev–Trinajstić information content (AvgIpc) is 2.16. The van der Waals surface area contributed by atoms with Gasteiger partial charge in [0, 0.05) is 11.5 Å². The molecule has 16 heavy (non-hydrogen) atoms. The van der Waals surface area contributed by atoms with E-state index in [0.29, 0.717) is 16.6 Å². The number of pyridine rings is 1. The highest BCUT2D eigenvalue weighted by Crippen LogP contribution is 2.23. The Morgan fingerprint density at radius 2 is 2.00 bits per heavy atom. The van der Waals surface area contributed by atoms with Crippen molar-refractivity contribution in [3.8, 4) is 0 Å². The third kappa shape index (κ3) is 2.50. The molecular formula is C9H9Cl2N3O2. The summed E-state index contributed by atoms with van der Waals surface area (Å²) in [5, 5.41) is 11.3. The molecule has 1 aromatic carbocycles. The van der Waals surface area contributed by atoms with Gasteiger partial charge in [-0.2, -0.15) is 0 Å². The van der Waals surface area contributed by atoms with E-state index in [9.17, 15) is 10.1 Å². The molecule has 0 unspecified atom stereocenters. The van der Waals surface area contributed by atoms with Gasteiger partial charge in [-0.05, 0) is 6.07 Å². The Labute approximate surface area is 104 Å². The molecular weight excluding hydrogens is 253 g/mol. The quantitative estimate of drug-likeness (QED) is 0.632. The van der Waals surface area contributed by atoms with Crippen LogP contribution in [-0.4, -0.2) is 9.91 Å². The Balaban J connectivity index is 0.00000112. The van der Waals surface area contributed by atoms with Crippen LogP contribution in [0, 0.1) is 10.1 Å². The molecule has 0 aliphatic rings. The molecule has 2 aromatic rings. The van der Waals surface area contributed by atoms with Gasteiger partial charge in [0.25, 0.3) is 5.69 Å². The first kappa shape index (κ1) is 14.4. The minimum atomic E-state index is -0.453. The highest BCUT2D eigenvalue weighted by molar-refractivity contribution is 5.88. The Kier molecular flexibility index (Phi) is 4.94. The van der Waals surface area contributed by atoms with Gasteiger partial charge in [0.2, 0.25) is 0 Å². The molecule has 0 radical (unpaired) electrons. The smallest absolute Gasteiger partial charge is 0.295 e. The number of non-ortho nitro benzene ring substituents is 1. The standard InChI is InChI=1S/C9H7N3O2.2ClH/c10-7-4-6-2-1-3-8(12(13)14)9(6)11-5-7;;/h1-5H,10H2;2*1H. The Morgan fingerprint density at radius 1 is 1.31 bits per heavy atom. The SMILES string of the molecule is Cl.Cl.Nc1cnc2c([N+](=O)[O-])cccc2c1. The maximum atomic E-state index is 10.6. The van der Waals surface area contributed by atoms with Crippen LogP contribution in [0.4, 0.5) is 11.4 Å². The number of nitrogens with two attached hydrogens (primary N) is 1. The van der Waals surface area contributed by atoms with Crippen LogP contribution in [-0.2, 0) is 0 Å². The van der Waals surface area contributed by atoms with Crippen LogP contribution in [0.1, 0.15) is 0 Å². The van der Waals surface area contributed by atoms with E-state index < -0.39 is 4.92 Å². The van der Waals surface area contributed by atoms with E-state index >= 15 is 0 Å². The number of hydrogen-bond donors (Lipinski definition) is 1. The highest BCUT2D eigenvalue weighted by Gasteiger charge is 2.11. The van der Waals surface area contributed by atoms with Gasteiger partial charge in [-0.1, -0.05) is 12.1 Å². The fourth-order valence-corrected chi connectivity index (χ4v) is 1.31. The number of nitro benzene ring substituents is 1. The highest BCUT2D eigenvalue weighted by atomic mass is 35.5. The zero-order valence-electron chi connectivity index (χ0n) is 7.99. The van der Waals surface area contributed by atoms with Gasteiger partial charge in [-0.15, -0.1) is 24.8 Å². The molecule has 0 saturated carbocycles. The van der Waals surface area contributed by atoms with Crippen molar-refractivity contribution in [2.75, 3.05) is 5.73 Å². The van der Waals surface area contributed by atoms with Crippen molar-refractivity contribution in [1.29, 1.82) is 0 Å². The summed E-state index contributed by atoms with van der Waals surface area (Å²) in [5.74, 6) is 0. The summed E-state index contributed by atoms with van der Waals surface area (Å²) in [7, 11) is 0. The van der Waals surface area contributed by atoms with Crippen molar-refractivity contribution >= 4 is 47.1 Å². The van der Waals surface area contributed by atoms with Gasteiger partial charge < -0.3 is 5.73 Å². The first-order valence-electron chi connectivity index (χ1n) is 3.97. The van der Waals surface area contributed by atoms with Crippen molar-refractivity contribution < 1.29 is 4.92 Å². The number of benzene rings is 1. The first-order valence-corrected chi connectivity index (χ1v) is 3.97. The number of hydrogen-bond acceptors (Lipinski definition) is 4. The Hall–Kier alpha value is -1.59. The summed E-state index contributed by atoms with van der Waals surface area (Å²) < 4.78 is 0. The predicted octanol–water partition coefficient (Wildman–Crippen LogP) is 2.57. The molecule has 2 N–H and O–H groups in total. The van der Waals surface area contributed by atoms with Gasteiger partial charge in [-0.25, -0.2) is 4.98 Å². The minimum absolute atomic E-state index is 0. The van der Waals surface area contributed by atoms with Crippen LogP contribution >= 0.6 is 24.8 Å². The van der Waals surface area contributed by atoms with Gasteiger partial charge in [0.15, 0.2) is 0 Å². The predicted molar refractivity (Wildman–Crippen MR) is 67.3 cm³/mol. The summed E-state index contributed by atoms with van der Waals surface area (Å²) >= 11 is 0. The molecule has 0 saturated heterocycles. The number of nitrogens with zero attached hydrogens (tertiary/aromatic N) is 2. The summed E-state index contributed by atoms with van der Waals surface area (Å²) in [6.07, 6.45) is 1.41. The van der Waals surface area contributed by atoms with E-state index in [-0.39, 0.29) is 30.5 Å². The van der Waals surface area contributed by atoms with Crippen molar-refractivity contribution in [2.24, 2.45) is 0 Å². The number of halogens is 2. The third-order valence-electron chi connectivity index (χ3n) is 1.91. The average molecular weight is 262 g/mol. The monoisotopic (exact) mass is 261 g/mol. The van der Waals surface area contributed by atoms with Crippen molar-refractivity contribution in [3.63, 3.8) is 0 Å². The van der Waals surface area contributed by atoms with Gasteiger partial charge >= 0.3 is 0 Å². The van der Waals surface area contributed by atoms with E-state index in [1.807, 2.05) is 0 Å². The number of anilines is 1. The molecule has 2 rings (SSSR count). The maximum Gasteiger partial charge on any atom is 0.295 e. The third-order valence-corrected chi connectivity index (χ3v) is 1.91. The zero-order valence-corrected chi connectivity index (χ0v) is 9.62. The lowest BCUT2D eigenvalue weighted by Crippen LogP contribution is -1.92. The molecule has 1 aromatic heterocycles. The number of para-hydroxylation sites is 1. The molecule has 86 valence electrons. The normalized spacial score (nSPS) is 9.00. The van der Waals surface area contributed by atoms with Crippen LogP contribution in [0.3, 0.4) is 0 Å². The van der Waals surface area contributed by atoms with Crippen LogP contribution in [0.5, 0.6) is 0 Å². The summed E-state index contributed by atoms with van der Waals surface area (Å²) in [4.78, 5) is 14.1. The van der Waals surface area contributed by atoms with Crippen LogP contribution in [0.25, 0.3) is 10.9 Å². The van der Waals surface area contributed by atoms with Crippen LogP contribution < -0.4 is 5.73 Å². The fraction of sp³-hybridized carbons (Fsp3) is 0. The largest absolute Gasteiger partial charge is 0.397 e. The first-order chi connectivity index (χ1) is 6.68. The molecule has 0 spiro atoms. The van der Waals surface area contributed by atoms with Crippen molar-refractivity contribution in [2.45, 2.75) is 0 Å². The molecule has 5 nitrogen and oxygen atoms in total. The van der Waals surface area contributed by atoms with Gasteiger partial charge in [-0.3, -0.25) is 10.1 Å². The fourth-order valence-electron chi connectivity index (χ4n) is 1.31. The Morgan fingerprint density at radius 3 is 2.62 bits per heavy atom. The molecule has 1 heterocycles. The molecule has 0 bridgehead atoms. The summed E-state index contributed by atoms with van der Waals surface area (Å²) in [5.41, 5.74) is 6.39. The maximum absolute atomic E-state index is 10.6. The minimum Gasteiger partial charge on any atom is -0.397 e. The Bertz CT molecular complexity index is 519. The number of nitro groups is 1. The second-order valence-corrected chi connectivity index (χ2v) is 2.87. The number of fused-ring (bicyclic) bond motifs is 1. The molecule has 0 amide bonds. The molecule has 0 aliphatic heterocycles. The number of aromatic nitrogens is 1. The topological polar surface area (TPSA) is 82.0 Å². The van der Waals surface area contributed by atoms with E-state index in [2.05, 4.69) is 4.98 Å². The van der Waals surface area contributed by atoms with E-state index in [4.69, 9.17) is 5.73 Å². The second kappa shape index (κ2) is 5.48. The van der Waals surface area contributed by atoms with E-state index in [0.717, 1.165) is 0 Å². The van der Waals surface area contributed by atoms with Gasteiger partial charge in [0.1, 0.15) is 5.52 Å². The molecule has 0 aliphatic carbocycles. The molecule has 7 heteroatoms. The summed E-state index contributed by atoms with van der Waals surface area (Å²) in [6, 6.07) is 6.44. The number of rotatable bonds is 1. The molecule has 0 atom stereocenters. The lowest BCUT2D eigenvalue weighted by molar-refractivity contribution is -0.383. The second-order valence-electron chi connectivity index (χ2n) is 2.87. The van der Waals surface area contributed by atoms with Gasteiger partial charge in [0.05, 0.1) is 16.8 Å². The lowest BCUT2D eigenvalue weighted by atomic mass is 10.2. The zero-order chi connectivity index (χ0) is 10.1. The van der Waals surface area contributed by atoms with Crippen LogP contribution in [0.15, 0.2) is 30.5 Å². The molecule has 0 fully saturated rings. The van der Waals surface area contributed by atoms with E-state index in [1.165, 1.54) is 12.3 Å². The summed E-state index contributed by atoms with van der Waals surface area (Å²) in [6.45, 7) is 0. The van der Waals surface area contributed by atoms with Crippen molar-refractivity contribution in [1.82, 2.24) is 4.98 Å². The van der Waals surface area contributed by atoms with E-state index in [1.54, 1.807) is 18.2 Å².